The molecular weight excluding hydrogens is 262 g/mol. The topological polar surface area (TPSA) is 29.5 Å². The highest BCUT2D eigenvalue weighted by atomic mass is 16.5. The molecule has 1 aliphatic heterocycles. The molecule has 0 amide bonds. The molecule has 0 aromatic heterocycles. The average molecular weight is 287 g/mol. The first-order valence-corrected chi connectivity index (χ1v) is 8.18. The van der Waals surface area contributed by atoms with Crippen LogP contribution in [0.4, 0.5) is 0 Å². The number of carbonyl (C=O) groups excluding carboxylic acids is 1. The number of hydrogen-bond donors (Lipinski definition) is 0. The van der Waals surface area contributed by atoms with Gasteiger partial charge in [-0.1, -0.05) is 12.1 Å². The fourth-order valence-electron chi connectivity index (χ4n) is 3.91. The van der Waals surface area contributed by atoms with E-state index in [-0.39, 0.29) is 0 Å². The zero-order valence-corrected chi connectivity index (χ0v) is 12.9. The van der Waals surface area contributed by atoms with Crippen molar-refractivity contribution in [1.82, 2.24) is 4.90 Å². The quantitative estimate of drug-likeness (QED) is 0.797. The molecule has 0 saturated carbocycles. The molecule has 1 aromatic rings. The number of piperidine rings is 1. The molecule has 1 aliphatic carbocycles. The van der Waals surface area contributed by atoms with Crippen molar-refractivity contribution in [2.24, 2.45) is 0 Å². The van der Waals surface area contributed by atoms with Gasteiger partial charge in [-0.05, 0) is 74.2 Å². The van der Waals surface area contributed by atoms with Gasteiger partial charge in [0.25, 0.3) is 0 Å². The Morgan fingerprint density at radius 3 is 2.71 bits per heavy atom. The van der Waals surface area contributed by atoms with Crippen molar-refractivity contribution in [3.8, 4) is 5.75 Å². The summed E-state index contributed by atoms with van der Waals surface area (Å²) in [5.74, 6) is 1.73. The third kappa shape index (κ3) is 2.98. The van der Waals surface area contributed by atoms with E-state index in [1.807, 2.05) is 7.11 Å². The molecule has 0 unspecified atom stereocenters. The zero-order chi connectivity index (χ0) is 14.7. The summed E-state index contributed by atoms with van der Waals surface area (Å²) in [4.78, 5) is 12.9. The minimum absolute atomic E-state index is 0.577. The number of methoxy groups -OCH3 is 1. The average Bonchev–Trinajstić information content (AvgIpc) is 2.55. The molecule has 1 heterocycles. The van der Waals surface area contributed by atoms with Crippen LogP contribution < -0.4 is 4.74 Å². The molecule has 1 saturated heterocycles. The molecule has 21 heavy (non-hydrogen) atoms. The lowest BCUT2D eigenvalue weighted by Crippen LogP contribution is -2.34. The molecule has 1 fully saturated rings. The van der Waals surface area contributed by atoms with Gasteiger partial charge in [0.15, 0.2) is 0 Å². The van der Waals surface area contributed by atoms with Crippen molar-refractivity contribution in [2.45, 2.75) is 44.4 Å². The maximum absolute atomic E-state index is 10.6. The van der Waals surface area contributed by atoms with Crippen LogP contribution in [-0.2, 0) is 17.6 Å². The molecule has 0 atom stereocenters. The number of hydrogen-bond acceptors (Lipinski definition) is 3. The van der Waals surface area contributed by atoms with Gasteiger partial charge in [0.1, 0.15) is 12.0 Å². The second-order valence-corrected chi connectivity index (χ2v) is 6.27. The van der Waals surface area contributed by atoms with Gasteiger partial charge in [0.05, 0.1) is 13.7 Å². The Labute approximate surface area is 127 Å². The van der Waals surface area contributed by atoms with Crippen molar-refractivity contribution < 1.29 is 9.53 Å². The summed E-state index contributed by atoms with van der Waals surface area (Å²) >= 11 is 0. The molecular formula is C18H25NO2. The van der Waals surface area contributed by atoms with E-state index in [2.05, 4.69) is 17.0 Å². The molecule has 0 spiro atoms. The predicted molar refractivity (Wildman–Crippen MR) is 84.1 cm³/mol. The van der Waals surface area contributed by atoms with E-state index in [4.69, 9.17) is 4.74 Å². The van der Waals surface area contributed by atoms with Gasteiger partial charge in [0.2, 0.25) is 0 Å². The second-order valence-electron chi connectivity index (χ2n) is 6.27. The number of aldehydes is 1. The number of carbonyl (C=O) groups is 1. The zero-order valence-electron chi connectivity index (χ0n) is 12.9. The minimum Gasteiger partial charge on any atom is -0.496 e. The highest BCUT2D eigenvalue weighted by Crippen LogP contribution is 2.39. The first-order chi connectivity index (χ1) is 10.3. The number of rotatable bonds is 4. The summed E-state index contributed by atoms with van der Waals surface area (Å²) < 4.78 is 5.80. The van der Waals surface area contributed by atoms with E-state index in [0.717, 1.165) is 44.4 Å². The normalized spacial score (nSPS) is 20.0. The summed E-state index contributed by atoms with van der Waals surface area (Å²) in [7, 11) is 1.81. The lowest BCUT2D eigenvalue weighted by Gasteiger charge is -2.32. The summed E-state index contributed by atoms with van der Waals surface area (Å²) in [6, 6.07) is 4.62. The lowest BCUT2D eigenvalue weighted by molar-refractivity contribution is -0.109. The van der Waals surface area contributed by atoms with Gasteiger partial charge in [-0.2, -0.15) is 0 Å². The Hall–Kier alpha value is -1.35. The van der Waals surface area contributed by atoms with Gasteiger partial charge < -0.3 is 9.53 Å². The lowest BCUT2D eigenvalue weighted by atomic mass is 9.83. The SMILES string of the molecule is COc1c(C2CCN(CC=O)CC2)ccc2c1CCCC2. The standard InChI is InChI=1S/C18H25NO2/c1-21-18-16-5-3-2-4-14(16)6-7-17(18)15-8-10-19(11-9-15)12-13-20/h6-7,13,15H,2-5,8-12H2,1H3. The predicted octanol–water partition coefficient (Wildman–Crippen LogP) is 2.95. The van der Waals surface area contributed by atoms with E-state index in [1.165, 1.54) is 36.0 Å². The Balaban J connectivity index is 1.81. The second kappa shape index (κ2) is 6.61. The molecule has 1 aromatic carbocycles. The Morgan fingerprint density at radius 2 is 2.00 bits per heavy atom. The molecule has 0 radical (unpaired) electrons. The molecule has 2 aliphatic rings. The van der Waals surface area contributed by atoms with Crippen LogP contribution in [0.25, 0.3) is 0 Å². The van der Waals surface area contributed by atoms with E-state index in [0.29, 0.717) is 12.5 Å². The van der Waals surface area contributed by atoms with Crippen molar-refractivity contribution in [3.63, 3.8) is 0 Å². The Morgan fingerprint density at radius 1 is 1.24 bits per heavy atom. The van der Waals surface area contributed by atoms with Crippen LogP contribution in [0, 0.1) is 0 Å². The molecule has 3 nitrogen and oxygen atoms in total. The van der Waals surface area contributed by atoms with Gasteiger partial charge >= 0.3 is 0 Å². The van der Waals surface area contributed by atoms with Crippen molar-refractivity contribution in [3.05, 3.63) is 28.8 Å². The van der Waals surface area contributed by atoms with E-state index < -0.39 is 0 Å². The molecule has 0 N–H and O–H groups in total. The number of ether oxygens (including phenoxy) is 1. The van der Waals surface area contributed by atoms with E-state index >= 15 is 0 Å². The summed E-state index contributed by atoms with van der Waals surface area (Å²) in [5.41, 5.74) is 4.33. The van der Waals surface area contributed by atoms with Crippen LogP contribution in [0.3, 0.4) is 0 Å². The van der Waals surface area contributed by atoms with E-state index in [9.17, 15) is 4.79 Å². The first-order valence-electron chi connectivity index (χ1n) is 8.18. The van der Waals surface area contributed by atoms with Crippen molar-refractivity contribution >= 4 is 6.29 Å². The maximum atomic E-state index is 10.6. The number of likely N-dealkylation sites (tertiary alicyclic amines) is 1. The molecule has 114 valence electrons. The third-order valence-electron chi connectivity index (χ3n) is 5.08. The highest BCUT2D eigenvalue weighted by Gasteiger charge is 2.25. The summed E-state index contributed by atoms with van der Waals surface area (Å²) in [6.45, 7) is 2.61. The number of nitrogens with zero attached hydrogens (tertiary/aromatic N) is 1. The van der Waals surface area contributed by atoms with Crippen LogP contribution in [0.5, 0.6) is 5.75 Å². The third-order valence-corrected chi connectivity index (χ3v) is 5.08. The van der Waals surface area contributed by atoms with E-state index in [1.54, 1.807) is 0 Å². The summed E-state index contributed by atoms with van der Waals surface area (Å²) in [5, 5.41) is 0. The van der Waals surface area contributed by atoms with Gasteiger partial charge in [-0.3, -0.25) is 4.90 Å². The van der Waals surface area contributed by atoms with Crippen LogP contribution >= 0.6 is 0 Å². The van der Waals surface area contributed by atoms with Gasteiger partial charge in [0, 0.05) is 0 Å². The highest BCUT2D eigenvalue weighted by molar-refractivity contribution is 5.52. The fourth-order valence-corrected chi connectivity index (χ4v) is 3.91. The van der Waals surface area contributed by atoms with Gasteiger partial charge in [-0.15, -0.1) is 0 Å². The number of benzene rings is 1. The maximum Gasteiger partial charge on any atom is 0.133 e. The minimum atomic E-state index is 0.577. The largest absolute Gasteiger partial charge is 0.496 e. The van der Waals surface area contributed by atoms with Gasteiger partial charge in [-0.25, -0.2) is 0 Å². The Bertz CT molecular complexity index is 504. The van der Waals surface area contributed by atoms with Crippen molar-refractivity contribution in [2.75, 3.05) is 26.7 Å². The van der Waals surface area contributed by atoms with Crippen LogP contribution in [0.2, 0.25) is 0 Å². The molecule has 3 rings (SSSR count). The van der Waals surface area contributed by atoms with Crippen molar-refractivity contribution in [1.29, 1.82) is 0 Å². The number of aryl methyl sites for hydroxylation is 1. The summed E-state index contributed by atoms with van der Waals surface area (Å²) in [6.07, 6.45) is 8.22. The number of fused-ring (bicyclic) bond motifs is 1. The molecule has 0 bridgehead atoms. The Kier molecular flexibility index (Phi) is 4.59. The van der Waals surface area contributed by atoms with Crippen LogP contribution in [0.1, 0.15) is 48.3 Å². The molecule has 3 heteroatoms. The monoisotopic (exact) mass is 287 g/mol. The smallest absolute Gasteiger partial charge is 0.133 e. The van der Waals surface area contributed by atoms with Crippen LogP contribution in [-0.4, -0.2) is 37.9 Å². The fraction of sp³-hybridized carbons (Fsp3) is 0.611. The first kappa shape index (κ1) is 14.6. The van der Waals surface area contributed by atoms with Crippen LogP contribution in [0.15, 0.2) is 12.1 Å².